The van der Waals surface area contributed by atoms with Gasteiger partial charge < -0.3 is 10.2 Å². The van der Waals surface area contributed by atoms with Gasteiger partial charge in [0.15, 0.2) is 5.13 Å². The summed E-state index contributed by atoms with van der Waals surface area (Å²) in [5.74, 6) is 0. The van der Waals surface area contributed by atoms with Gasteiger partial charge in [0.25, 0.3) is 0 Å². The minimum atomic E-state index is 0.369. The molecule has 4 heteroatoms. The molecule has 1 atom stereocenters. The Kier molecular flexibility index (Phi) is 5.37. The Morgan fingerprint density at radius 2 is 2.10 bits per heavy atom. The summed E-state index contributed by atoms with van der Waals surface area (Å²) in [6.45, 7) is 10.4. The van der Waals surface area contributed by atoms with Gasteiger partial charge in [-0.3, -0.25) is 0 Å². The first kappa shape index (κ1) is 16.0. The van der Waals surface area contributed by atoms with Gasteiger partial charge >= 0.3 is 0 Å². The first-order chi connectivity index (χ1) is 10.0. The maximum Gasteiger partial charge on any atom is 0.185 e. The molecule has 3 nitrogen and oxygen atoms in total. The highest BCUT2D eigenvalue weighted by Gasteiger charge is 2.15. The molecule has 0 saturated heterocycles. The van der Waals surface area contributed by atoms with Crippen molar-refractivity contribution >= 4 is 16.5 Å². The van der Waals surface area contributed by atoms with Crippen LogP contribution in [0.1, 0.15) is 41.6 Å². The third kappa shape index (κ3) is 4.05. The summed E-state index contributed by atoms with van der Waals surface area (Å²) in [6, 6.07) is 9.02. The van der Waals surface area contributed by atoms with Crippen molar-refractivity contribution in [2.45, 2.75) is 40.3 Å². The molecular formula is C17H25N3S. The van der Waals surface area contributed by atoms with E-state index in [9.17, 15) is 0 Å². The summed E-state index contributed by atoms with van der Waals surface area (Å²) >= 11 is 1.79. The first-order valence-corrected chi connectivity index (χ1v) is 8.30. The Labute approximate surface area is 132 Å². The normalized spacial score (nSPS) is 12.4. The number of hydrogen-bond acceptors (Lipinski definition) is 4. The van der Waals surface area contributed by atoms with E-state index in [2.05, 4.69) is 69.2 Å². The zero-order chi connectivity index (χ0) is 15.4. The predicted molar refractivity (Wildman–Crippen MR) is 92.2 cm³/mol. The van der Waals surface area contributed by atoms with Crippen LogP contribution in [-0.4, -0.2) is 18.6 Å². The molecule has 0 fully saturated rings. The van der Waals surface area contributed by atoms with Crippen molar-refractivity contribution in [3.05, 3.63) is 46.0 Å². The van der Waals surface area contributed by atoms with Crippen LogP contribution in [0.15, 0.2) is 24.3 Å². The van der Waals surface area contributed by atoms with Crippen LogP contribution in [0.25, 0.3) is 0 Å². The zero-order valence-electron chi connectivity index (χ0n) is 13.6. The maximum absolute atomic E-state index is 4.74. The monoisotopic (exact) mass is 303 g/mol. The smallest absolute Gasteiger partial charge is 0.185 e. The van der Waals surface area contributed by atoms with Crippen LogP contribution >= 0.6 is 11.3 Å². The van der Waals surface area contributed by atoms with Crippen LogP contribution in [0.2, 0.25) is 0 Å². The molecule has 2 aromatic rings. The van der Waals surface area contributed by atoms with Crippen LogP contribution in [0.3, 0.4) is 0 Å². The van der Waals surface area contributed by atoms with Crippen LogP contribution < -0.4 is 10.2 Å². The van der Waals surface area contributed by atoms with E-state index in [0.717, 1.165) is 23.9 Å². The van der Waals surface area contributed by atoms with E-state index >= 15 is 0 Å². The second kappa shape index (κ2) is 7.05. The molecule has 1 heterocycles. The molecule has 1 aromatic carbocycles. The largest absolute Gasteiger partial charge is 0.347 e. The molecule has 1 N–H and O–H groups in total. The van der Waals surface area contributed by atoms with Crippen molar-refractivity contribution in [3.8, 4) is 0 Å². The predicted octanol–water partition coefficient (Wildman–Crippen LogP) is 4.07. The number of rotatable bonds is 6. The van der Waals surface area contributed by atoms with Gasteiger partial charge in [-0.25, -0.2) is 4.98 Å². The molecular weight excluding hydrogens is 278 g/mol. The Morgan fingerprint density at radius 3 is 2.76 bits per heavy atom. The number of anilines is 1. The molecule has 0 amide bonds. The minimum absolute atomic E-state index is 0.369. The van der Waals surface area contributed by atoms with Crippen molar-refractivity contribution in [2.75, 3.05) is 18.5 Å². The summed E-state index contributed by atoms with van der Waals surface area (Å²) < 4.78 is 0. The van der Waals surface area contributed by atoms with Gasteiger partial charge in [-0.2, -0.15) is 0 Å². The van der Waals surface area contributed by atoms with Crippen molar-refractivity contribution in [1.29, 1.82) is 0 Å². The van der Waals surface area contributed by atoms with Gasteiger partial charge in [0.05, 0.1) is 5.69 Å². The van der Waals surface area contributed by atoms with Crippen LogP contribution in [0, 0.1) is 13.8 Å². The molecule has 0 aliphatic heterocycles. The van der Waals surface area contributed by atoms with E-state index in [-0.39, 0.29) is 0 Å². The number of thiazole rings is 1. The summed E-state index contributed by atoms with van der Waals surface area (Å²) in [5.41, 5.74) is 3.77. The van der Waals surface area contributed by atoms with Crippen molar-refractivity contribution in [1.82, 2.24) is 10.3 Å². The van der Waals surface area contributed by atoms with Gasteiger partial charge in [0.2, 0.25) is 0 Å². The lowest BCUT2D eigenvalue weighted by Crippen LogP contribution is -2.17. The molecule has 0 aliphatic carbocycles. The summed E-state index contributed by atoms with van der Waals surface area (Å²) in [6.07, 6.45) is 0. The molecule has 1 unspecified atom stereocenters. The highest BCUT2D eigenvalue weighted by Crippen LogP contribution is 2.30. The number of nitrogens with one attached hydrogen (secondary N) is 1. The number of hydrogen-bond donors (Lipinski definition) is 1. The average molecular weight is 303 g/mol. The second-order valence-electron chi connectivity index (χ2n) is 5.57. The van der Waals surface area contributed by atoms with E-state index in [1.165, 1.54) is 16.0 Å². The number of benzene rings is 1. The average Bonchev–Trinajstić information content (AvgIpc) is 2.81. The molecule has 0 saturated carbocycles. The van der Waals surface area contributed by atoms with Gasteiger partial charge in [0, 0.05) is 24.5 Å². The SMILES string of the molecule is CCNC(C)c1sc(N(C)Cc2cccc(C)c2)nc1C. The molecule has 21 heavy (non-hydrogen) atoms. The first-order valence-electron chi connectivity index (χ1n) is 7.48. The van der Waals surface area contributed by atoms with Gasteiger partial charge in [-0.15, -0.1) is 11.3 Å². The lowest BCUT2D eigenvalue weighted by Gasteiger charge is -2.16. The van der Waals surface area contributed by atoms with E-state index in [0.29, 0.717) is 6.04 Å². The molecule has 1 aromatic heterocycles. The summed E-state index contributed by atoms with van der Waals surface area (Å²) in [7, 11) is 2.11. The lowest BCUT2D eigenvalue weighted by molar-refractivity contribution is 0.603. The van der Waals surface area contributed by atoms with Crippen LogP contribution in [0.4, 0.5) is 5.13 Å². The molecule has 114 valence electrons. The minimum Gasteiger partial charge on any atom is -0.347 e. The van der Waals surface area contributed by atoms with Crippen molar-refractivity contribution in [3.63, 3.8) is 0 Å². The fourth-order valence-corrected chi connectivity index (χ4v) is 3.56. The highest BCUT2D eigenvalue weighted by molar-refractivity contribution is 7.15. The van der Waals surface area contributed by atoms with Gasteiger partial charge in [-0.1, -0.05) is 36.8 Å². The second-order valence-corrected chi connectivity index (χ2v) is 6.58. The molecule has 0 aliphatic rings. The highest BCUT2D eigenvalue weighted by atomic mass is 32.1. The zero-order valence-corrected chi connectivity index (χ0v) is 14.4. The Hall–Kier alpha value is -1.39. The Bertz CT molecular complexity index is 591. The number of aryl methyl sites for hydroxylation is 2. The van der Waals surface area contributed by atoms with Crippen molar-refractivity contribution < 1.29 is 0 Å². The fraction of sp³-hybridized carbons (Fsp3) is 0.471. The van der Waals surface area contributed by atoms with E-state index in [1.54, 1.807) is 11.3 Å². The Balaban J connectivity index is 2.12. The maximum atomic E-state index is 4.74. The van der Waals surface area contributed by atoms with Crippen LogP contribution in [0.5, 0.6) is 0 Å². The third-order valence-electron chi connectivity index (χ3n) is 3.55. The Morgan fingerprint density at radius 1 is 1.33 bits per heavy atom. The quantitative estimate of drug-likeness (QED) is 0.872. The molecule has 2 rings (SSSR count). The number of nitrogens with zero attached hydrogens (tertiary/aromatic N) is 2. The van der Waals surface area contributed by atoms with E-state index in [1.807, 2.05) is 0 Å². The number of aromatic nitrogens is 1. The summed E-state index contributed by atoms with van der Waals surface area (Å²) in [4.78, 5) is 8.30. The lowest BCUT2D eigenvalue weighted by atomic mass is 10.1. The van der Waals surface area contributed by atoms with Gasteiger partial charge in [0.1, 0.15) is 0 Å². The van der Waals surface area contributed by atoms with Gasteiger partial charge in [-0.05, 0) is 32.9 Å². The fourth-order valence-electron chi connectivity index (χ4n) is 2.51. The third-order valence-corrected chi connectivity index (χ3v) is 5.01. The van der Waals surface area contributed by atoms with Crippen LogP contribution in [-0.2, 0) is 6.54 Å². The van der Waals surface area contributed by atoms with E-state index in [4.69, 9.17) is 4.98 Å². The standard InChI is InChI=1S/C17H25N3S/c1-6-18-13(3)16-14(4)19-17(21-16)20(5)11-15-9-7-8-12(2)10-15/h7-10,13,18H,6,11H2,1-5H3. The summed E-state index contributed by atoms with van der Waals surface area (Å²) in [5, 5.41) is 4.56. The van der Waals surface area contributed by atoms with Crippen molar-refractivity contribution in [2.24, 2.45) is 0 Å². The molecule has 0 radical (unpaired) electrons. The molecule has 0 spiro atoms. The van der Waals surface area contributed by atoms with E-state index < -0.39 is 0 Å². The topological polar surface area (TPSA) is 28.2 Å². The molecule has 0 bridgehead atoms.